The summed E-state index contributed by atoms with van der Waals surface area (Å²) in [5.41, 5.74) is -0.823. The SMILES string of the molecule is C[C@H]1OC(C)(C)O[C@](C)(CCC2OCCO2)C1=O. The molecule has 5 heteroatoms. The highest BCUT2D eigenvalue weighted by molar-refractivity contribution is 5.91. The molecule has 0 N–H and O–H groups in total. The molecule has 0 aliphatic carbocycles. The summed E-state index contributed by atoms with van der Waals surface area (Å²) in [4.78, 5) is 12.2. The van der Waals surface area contributed by atoms with Crippen molar-refractivity contribution in [3.8, 4) is 0 Å². The van der Waals surface area contributed by atoms with Gasteiger partial charge in [-0.3, -0.25) is 4.79 Å². The maximum atomic E-state index is 12.2. The summed E-state index contributed by atoms with van der Waals surface area (Å²) in [7, 11) is 0. The largest absolute Gasteiger partial charge is 0.350 e. The highest BCUT2D eigenvalue weighted by atomic mass is 16.7. The number of Topliss-reactive ketones (excluding diaryl/α,β-unsaturated/α-hetero) is 1. The van der Waals surface area contributed by atoms with Crippen LogP contribution in [0.2, 0.25) is 0 Å². The minimum atomic E-state index is -0.823. The van der Waals surface area contributed by atoms with Crippen LogP contribution in [0.5, 0.6) is 0 Å². The second kappa shape index (κ2) is 4.89. The zero-order valence-corrected chi connectivity index (χ0v) is 11.5. The number of carbonyl (C=O) groups is 1. The van der Waals surface area contributed by atoms with Gasteiger partial charge in [0.25, 0.3) is 0 Å². The van der Waals surface area contributed by atoms with E-state index in [1.54, 1.807) is 6.92 Å². The molecular formula is C13H22O5. The van der Waals surface area contributed by atoms with E-state index < -0.39 is 17.5 Å². The Bertz CT molecular complexity index is 321. The van der Waals surface area contributed by atoms with Gasteiger partial charge >= 0.3 is 0 Å². The Morgan fingerprint density at radius 3 is 2.44 bits per heavy atom. The second-order valence-electron chi connectivity index (χ2n) is 5.57. The molecule has 0 saturated carbocycles. The highest BCUT2D eigenvalue weighted by Crippen LogP contribution is 2.35. The van der Waals surface area contributed by atoms with Crippen molar-refractivity contribution in [2.45, 2.75) is 64.3 Å². The van der Waals surface area contributed by atoms with Crippen LogP contribution in [0, 0.1) is 0 Å². The first-order valence-electron chi connectivity index (χ1n) is 6.48. The quantitative estimate of drug-likeness (QED) is 0.770. The van der Waals surface area contributed by atoms with Crippen molar-refractivity contribution in [2.24, 2.45) is 0 Å². The monoisotopic (exact) mass is 258 g/mol. The van der Waals surface area contributed by atoms with Gasteiger partial charge in [-0.1, -0.05) is 0 Å². The van der Waals surface area contributed by atoms with Gasteiger partial charge in [0, 0.05) is 6.42 Å². The first kappa shape index (κ1) is 13.9. The minimum absolute atomic E-state index is 0.0141. The maximum Gasteiger partial charge on any atom is 0.192 e. The van der Waals surface area contributed by atoms with Crippen molar-refractivity contribution in [1.82, 2.24) is 0 Å². The third-order valence-electron chi connectivity index (χ3n) is 3.37. The van der Waals surface area contributed by atoms with Crippen molar-refractivity contribution < 1.29 is 23.7 Å². The van der Waals surface area contributed by atoms with Gasteiger partial charge in [-0.2, -0.15) is 0 Å². The van der Waals surface area contributed by atoms with Crippen LogP contribution in [0.4, 0.5) is 0 Å². The van der Waals surface area contributed by atoms with E-state index in [1.807, 2.05) is 20.8 Å². The van der Waals surface area contributed by atoms with E-state index in [1.165, 1.54) is 0 Å². The smallest absolute Gasteiger partial charge is 0.192 e. The standard InChI is InChI=1S/C13H22O5/c1-9-11(14)13(4,18-12(2,3)17-9)6-5-10-15-7-8-16-10/h9-10H,5-8H2,1-4H3/t9-,13-/m1/s1. The molecule has 18 heavy (non-hydrogen) atoms. The van der Waals surface area contributed by atoms with E-state index in [0.717, 1.165) is 0 Å². The van der Waals surface area contributed by atoms with Gasteiger partial charge < -0.3 is 18.9 Å². The van der Waals surface area contributed by atoms with E-state index in [0.29, 0.717) is 26.1 Å². The van der Waals surface area contributed by atoms with Gasteiger partial charge in [-0.15, -0.1) is 0 Å². The van der Waals surface area contributed by atoms with E-state index in [4.69, 9.17) is 18.9 Å². The number of hydrogen-bond donors (Lipinski definition) is 0. The van der Waals surface area contributed by atoms with E-state index in [-0.39, 0.29) is 12.1 Å². The summed E-state index contributed by atoms with van der Waals surface area (Å²) < 4.78 is 22.1. The number of ketones is 1. The summed E-state index contributed by atoms with van der Waals surface area (Å²) in [6.45, 7) is 8.51. The third-order valence-corrected chi connectivity index (χ3v) is 3.37. The van der Waals surface area contributed by atoms with Crippen molar-refractivity contribution in [2.75, 3.05) is 13.2 Å². The Kier molecular flexibility index (Phi) is 3.78. The van der Waals surface area contributed by atoms with Crippen LogP contribution >= 0.6 is 0 Å². The molecule has 0 spiro atoms. The number of carbonyl (C=O) groups excluding carboxylic acids is 1. The Labute approximate surface area is 108 Å². The van der Waals surface area contributed by atoms with E-state index >= 15 is 0 Å². The number of hydrogen-bond acceptors (Lipinski definition) is 5. The molecule has 0 aromatic carbocycles. The van der Waals surface area contributed by atoms with E-state index in [9.17, 15) is 4.79 Å². The zero-order chi connectivity index (χ0) is 13.4. The lowest BCUT2D eigenvalue weighted by atomic mass is 9.89. The average molecular weight is 258 g/mol. The molecular weight excluding hydrogens is 236 g/mol. The fourth-order valence-corrected chi connectivity index (χ4v) is 2.67. The maximum absolute atomic E-state index is 12.2. The molecule has 2 fully saturated rings. The molecule has 104 valence electrons. The van der Waals surface area contributed by atoms with E-state index in [2.05, 4.69) is 0 Å². The van der Waals surface area contributed by atoms with Gasteiger partial charge in [0.2, 0.25) is 0 Å². The van der Waals surface area contributed by atoms with Gasteiger partial charge in [0.15, 0.2) is 17.9 Å². The van der Waals surface area contributed by atoms with Crippen LogP contribution < -0.4 is 0 Å². The second-order valence-corrected chi connectivity index (χ2v) is 5.57. The molecule has 2 saturated heterocycles. The molecule has 5 nitrogen and oxygen atoms in total. The average Bonchev–Trinajstić information content (AvgIpc) is 2.75. The highest BCUT2D eigenvalue weighted by Gasteiger charge is 2.48. The lowest BCUT2D eigenvalue weighted by molar-refractivity contribution is -0.303. The zero-order valence-electron chi connectivity index (χ0n) is 11.5. The fourth-order valence-electron chi connectivity index (χ4n) is 2.67. The molecule has 2 aliphatic rings. The van der Waals surface area contributed by atoms with Gasteiger partial charge in [-0.05, 0) is 34.1 Å². The predicted octanol–water partition coefficient (Wildman–Crippen LogP) is 1.64. The number of rotatable bonds is 3. The molecule has 2 aliphatic heterocycles. The first-order chi connectivity index (χ1) is 8.32. The summed E-state index contributed by atoms with van der Waals surface area (Å²) in [5, 5.41) is 0. The molecule has 0 radical (unpaired) electrons. The van der Waals surface area contributed by atoms with Crippen LogP contribution in [0.3, 0.4) is 0 Å². The van der Waals surface area contributed by atoms with Gasteiger partial charge in [0.1, 0.15) is 11.7 Å². The number of ether oxygens (including phenoxy) is 4. The summed E-state index contributed by atoms with van der Waals surface area (Å²) in [6, 6.07) is 0. The van der Waals surface area contributed by atoms with Crippen molar-refractivity contribution in [3.05, 3.63) is 0 Å². The lowest BCUT2D eigenvalue weighted by Gasteiger charge is -2.44. The Balaban J connectivity index is 1.99. The summed E-state index contributed by atoms with van der Waals surface area (Å²) in [6.07, 6.45) is 0.585. The first-order valence-corrected chi connectivity index (χ1v) is 6.48. The van der Waals surface area contributed by atoms with Crippen LogP contribution in [-0.4, -0.2) is 42.8 Å². The van der Waals surface area contributed by atoms with Gasteiger partial charge in [-0.25, -0.2) is 0 Å². The third kappa shape index (κ3) is 2.91. The Morgan fingerprint density at radius 1 is 1.22 bits per heavy atom. The topological polar surface area (TPSA) is 54.0 Å². The van der Waals surface area contributed by atoms with Crippen LogP contribution in [-0.2, 0) is 23.7 Å². The van der Waals surface area contributed by atoms with Crippen molar-refractivity contribution in [1.29, 1.82) is 0 Å². The normalized spacial score (nSPS) is 37.1. The van der Waals surface area contributed by atoms with Crippen LogP contribution in [0.15, 0.2) is 0 Å². The fraction of sp³-hybridized carbons (Fsp3) is 0.923. The molecule has 2 rings (SSSR count). The van der Waals surface area contributed by atoms with Gasteiger partial charge in [0.05, 0.1) is 13.2 Å². The molecule has 2 heterocycles. The molecule has 0 amide bonds. The molecule has 2 atom stereocenters. The van der Waals surface area contributed by atoms with Crippen molar-refractivity contribution >= 4 is 5.78 Å². The lowest BCUT2D eigenvalue weighted by Crippen LogP contribution is -2.57. The van der Waals surface area contributed by atoms with Crippen molar-refractivity contribution in [3.63, 3.8) is 0 Å². The molecule has 0 aromatic heterocycles. The summed E-state index contributed by atoms with van der Waals surface area (Å²) in [5.74, 6) is -0.751. The Morgan fingerprint density at radius 2 is 1.83 bits per heavy atom. The molecule has 0 aromatic rings. The summed E-state index contributed by atoms with van der Waals surface area (Å²) >= 11 is 0. The molecule has 0 unspecified atom stereocenters. The molecule has 0 bridgehead atoms. The predicted molar refractivity (Wildman–Crippen MR) is 64.0 cm³/mol. The minimum Gasteiger partial charge on any atom is -0.350 e. The van der Waals surface area contributed by atoms with Crippen LogP contribution in [0.25, 0.3) is 0 Å². The Hall–Kier alpha value is -0.490. The van der Waals surface area contributed by atoms with Crippen LogP contribution in [0.1, 0.15) is 40.5 Å².